The molecule has 1 fully saturated rings. The first-order chi connectivity index (χ1) is 12.3. The average molecular weight is 357 g/mol. The van der Waals surface area contributed by atoms with Crippen molar-refractivity contribution in [1.29, 1.82) is 0 Å². The van der Waals surface area contributed by atoms with Crippen molar-refractivity contribution < 1.29 is 14.3 Å². The first-order valence-corrected chi connectivity index (χ1v) is 9.55. The molecule has 0 aliphatic carbocycles. The summed E-state index contributed by atoms with van der Waals surface area (Å²) in [6.45, 7) is 0.762. The molecule has 1 unspecified atom stereocenters. The van der Waals surface area contributed by atoms with Gasteiger partial charge in [-0.15, -0.1) is 0 Å². The summed E-state index contributed by atoms with van der Waals surface area (Å²) in [5.74, 6) is 2.60. The third-order valence-electron chi connectivity index (χ3n) is 4.20. The highest BCUT2D eigenvalue weighted by Gasteiger charge is 2.23. The standard InChI is InChI=1S/C20H23NO3S/c1-23-17-9-11-18(12-10-17)24-15-20(22)21(14-19-8-5-13-25-19)16-6-3-2-4-7-16/h2-4,6-7,9-12,19H,5,8,13-15H2,1H3. The summed E-state index contributed by atoms with van der Waals surface area (Å²) in [6, 6.07) is 17.1. The molecule has 0 aromatic heterocycles. The second kappa shape index (κ2) is 8.81. The Morgan fingerprint density at radius 1 is 1.12 bits per heavy atom. The summed E-state index contributed by atoms with van der Waals surface area (Å²) in [5.41, 5.74) is 0.929. The van der Waals surface area contributed by atoms with Gasteiger partial charge in [0.1, 0.15) is 11.5 Å². The smallest absolute Gasteiger partial charge is 0.264 e. The largest absolute Gasteiger partial charge is 0.497 e. The maximum Gasteiger partial charge on any atom is 0.264 e. The van der Waals surface area contributed by atoms with Crippen molar-refractivity contribution in [3.8, 4) is 11.5 Å². The van der Waals surface area contributed by atoms with Crippen LogP contribution in [0.5, 0.6) is 11.5 Å². The van der Waals surface area contributed by atoms with Gasteiger partial charge in [-0.05, 0) is 55.0 Å². The summed E-state index contributed by atoms with van der Waals surface area (Å²) >= 11 is 1.95. The normalized spacial score (nSPS) is 16.4. The van der Waals surface area contributed by atoms with Gasteiger partial charge in [-0.25, -0.2) is 0 Å². The molecule has 1 aliphatic heterocycles. The Labute approximate surface area is 153 Å². The minimum atomic E-state index is -0.0190. The minimum absolute atomic E-state index is 0.0190. The van der Waals surface area contributed by atoms with Crippen LogP contribution in [0.2, 0.25) is 0 Å². The van der Waals surface area contributed by atoms with Gasteiger partial charge in [0.2, 0.25) is 0 Å². The molecule has 2 aromatic carbocycles. The van der Waals surface area contributed by atoms with E-state index in [0.29, 0.717) is 11.0 Å². The van der Waals surface area contributed by atoms with Gasteiger partial charge in [-0.2, -0.15) is 11.8 Å². The van der Waals surface area contributed by atoms with Crippen molar-refractivity contribution in [2.75, 3.05) is 30.9 Å². The third-order valence-corrected chi connectivity index (χ3v) is 5.58. The van der Waals surface area contributed by atoms with E-state index in [1.807, 2.05) is 71.3 Å². The molecule has 4 nitrogen and oxygen atoms in total. The molecule has 0 saturated carbocycles. The van der Waals surface area contributed by atoms with E-state index in [2.05, 4.69) is 0 Å². The second-order valence-corrected chi connectivity index (χ2v) is 7.35. The number of rotatable bonds is 7. The van der Waals surface area contributed by atoms with Gasteiger partial charge >= 0.3 is 0 Å². The maximum absolute atomic E-state index is 12.8. The molecule has 1 heterocycles. The highest BCUT2D eigenvalue weighted by molar-refractivity contribution is 8.00. The lowest BCUT2D eigenvalue weighted by atomic mass is 10.2. The monoisotopic (exact) mass is 357 g/mol. The number of nitrogens with zero attached hydrogens (tertiary/aromatic N) is 1. The molecule has 0 bridgehead atoms. The van der Waals surface area contributed by atoms with Gasteiger partial charge < -0.3 is 14.4 Å². The van der Waals surface area contributed by atoms with Crippen LogP contribution in [0.4, 0.5) is 5.69 Å². The highest BCUT2D eigenvalue weighted by Crippen LogP contribution is 2.28. The lowest BCUT2D eigenvalue weighted by Crippen LogP contribution is -2.39. The number of hydrogen-bond donors (Lipinski definition) is 0. The molecule has 25 heavy (non-hydrogen) atoms. The van der Waals surface area contributed by atoms with Gasteiger partial charge in [0.15, 0.2) is 6.61 Å². The lowest BCUT2D eigenvalue weighted by Gasteiger charge is -2.25. The number of carbonyl (C=O) groups is 1. The van der Waals surface area contributed by atoms with E-state index in [4.69, 9.17) is 9.47 Å². The molecule has 132 valence electrons. The fraction of sp³-hybridized carbons (Fsp3) is 0.350. The Morgan fingerprint density at radius 2 is 1.84 bits per heavy atom. The van der Waals surface area contributed by atoms with Gasteiger partial charge in [0.05, 0.1) is 7.11 Å². The zero-order valence-corrected chi connectivity index (χ0v) is 15.2. The lowest BCUT2D eigenvalue weighted by molar-refractivity contribution is -0.120. The molecular formula is C20H23NO3S. The Hall–Kier alpha value is -2.14. The maximum atomic E-state index is 12.8. The number of methoxy groups -OCH3 is 1. The number of amides is 1. The molecule has 0 spiro atoms. The van der Waals surface area contributed by atoms with Crippen LogP contribution in [0.3, 0.4) is 0 Å². The van der Waals surface area contributed by atoms with Gasteiger partial charge in [-0.3, -0.25) is 4.79 Å². The van der Waals surface area contributed by atoms with Crippen LogP contribution in [0.15, 0.2) is 54.6 Å². The highest BCUT2D eigenvalue weighted by atomic mass is 32.2. The number of thioether (sulfide) groups is 1. The quantitative estimate of drug-likeness (QED) is 0.751. The fourth-order valence-corrected chi connectivity index (χ4v) is 4.10. The number of carbonyl (C=O) groups excluding carboxylic acids is 1. The zero-order valence-electron chi connectivity index (χ0n) is 14.4. The van der Waals surface area contributed by atoms with Crippen molar-refractivity contribution in [1.82, 2.24) is 0 Å². The first kappa shape index (κ1) is 17.7. The van der Waals surface area contributed by atoms with Crippen LogP contribution in [0.25, 0.3) is 0 Å². The number of para-hydroxylation sites is 1. The number of hydrogen-bond acceptors (Lipinski definition) is 4. The zero-order chi connectivity index (χ0) is 17.5. The van der Waals surface area contributed by atoms with E-state index in [1.165, 1.54) is 18.6 Å². The van der Waals surface area contributed by atoms with Crippen molar-refractivity contribution in [2.24, 2.45) is 0 Å². The number of anilines is 1. The predicted octanol–water partition coefficient (Wildman–Crippen LogP) is 4.00. The van der Waals surface area contributed by atoms with E-state index >= 15 is 0 Å². The van der Waals surface area contributed by atoms with Crippen molar-refractivity contribution in [3.05, 3.63) is 54.6 Å². The molecule has 3 rings (SSSR count). The van der Waals surface area contributed by atoms with Crippen LogP contribution in [-0.2, 0) is 4.79 Å². The molecular weight excluding hydrogens is 334 g/mol. The Bertz CT molecular complexity index is 669. The SMILES string of the molecule is COc1ccc(OCC(=O)N(CC2CCCS2)c2ccccc2)cc1. The van der Waals surface area contributed by atoms with Crippen LogP contribution in [-0.4, -0.2) is 37.2 Å². The van der Waals surface area contributed by atoms with Gasteiger partial charge in [-0.1, -0.05) is 18.2 Å². The van der Waals surface area contributed by atoms with Crippen LogP contribution in [0.1, 0.15) is 12.8 Å². The summed E-state index contributed by atoms with van der Waals surface area (Å²) in [7, 11) is 1.62. The van der Waals surface area contributed by atoms with E-state index in [-0.39, 0.29) is 12.5 Å². The topological polar surface area (TPSA) is 38.8 Å². The second-order valence-electron chi connectivity index (χ2n) is 5.94. The minimum Gasteiger partial charge on any atom is -0.497 e. The van der Waals surface area contributed by atoms with Gasteiger partial charge in [0.25, 0.3) is 5.91 Å². The molecule has 1 aliphatic rings. The van der Waals surface area contributed by atoms with E-state index in [0.717, 1.165) is 18.0 Å². The van der Waals surface area contributed by atoms with Crippen LogP contribution < -0.4 is 14.4 Å². The summed E-state index contributed by atoms with van der Waals surface area (Å²) in [4.78, 5) is 14.6. The van der Waals surface area contributed by atoms with Crippen molar-refractivity contribution >= 4 is 23.4 Å². The van der Waals surface area contributed by atoms with Crippen LogP contribution >= 0.6 is 11.8 Å². The summed E-state index contributed by atoms with van der Waals surface area (Å²) in [5, 5.41) is 0.505. The molecule has 0 N–H and O–H groups in total. The van der Waals surface area contributed by atoms with E-state index < -0.39 is 0 Å². The molecule has 1 amide bonds. The van der Waals surface area contributed by atoms with Gasteiger partial charge in [0, 0.05) is 17.5 Å². The molecule has 5 heteroatoms. The Kier molecular flexibility index (Phi) is 6.23. The third kappa shape index (κ3) is 4.92. The number of ether oxygens (including phenoxy) is 2. The Balaban J connectivity index is 1.65. The van der Waals surface area contributed by atoms with E-state index in [9.17, 15) is 4.79 Å². The summed E-state index contributed by atoms with van der Waals surface area (Å²) in [6.07, 6.45) is 2.40. The van der Waals surface area contributed by atoms with E-state index in [1.54, 1.807) is 7.11 Å². The Morgan fingerprint density at radius 3 is 2.48 bits per heavy atom. The van der Waals surface area contributed by atoms with Crippen LogP contribution in [0, 0.1) is 0 Å². The van der Waals surface area contributed by atoms with Crippen molar-refractivity contribution in [3.63, 3.8) is 0 Å². The first-order valence-electron chi connectivity index (χ1n) is 8.50. The van der Waals surface area contributed by atoms with Crippen molar-refractivity contribution in [2.45, 2.75) is 18.1 Å². The predicted molar refractivity (Wildman–Crippen MR) is 103 cm³/mol. The number of benzene rings is 2. The fourth-order valence-electron chi connectivity index (χ4n) is 2.85. The molecule has 1 saturated heterocycles. The molecule has 2 aromatic rings. The summed E-state index contributed by atoms with van der Waals surface area (Å²) < 4.78 is 10.8. The molecule has 1 atom stereocenters. The average Bonchev–Trinajstić information content (AvgIpc) is 3.18. The molecule has 0 radical (unpaired) electrons.